The maximum absolute atomic E-state index is 6.13. The number of benzene rings is 2. The third-order valence-corrected chi connectivity index (χ3v) is 4.22. The van der Waals surface area contributed by atoms with Gasteiger partial charge in [0, 0.05) is 36.6 Å². The van der Waals surface area contributed by atoms with Gasteiger partial charge in [0.2, 0.25) is 0 Å². The Morgan fingerprint density at radius 3 is 2.67 bits per heavy atom. The van der Waals surface area contributed by atoms with Gasteiger partial charge in [-0.25, -0.2) is 4.98 Å². The highest BCUT2D eigenvalue weighted by Gasteiger charge is 2.18. The highest BCUT2D eigenvalue weighted by molar-refractivity contribution is 6.30. The molecule has 124 valence electrons. The van der Waals surface area contributed by atoms with E-state index in [0.717, 1.165) is 22.7 Å². The lowest BCUT2D eigenvalue weighted by atomic mass is 10.1. The number of methoxy groups -OCH3 is 1. The van der Waals surface area contributed by atoms with Crippen molar-refractivity contribution in [2.45, 2.75) is 12.6 Å². The van der Waals surface area contributed by atoms with Crippen LogP contribution in [0.15, 0.2) is 60.9 Å². The first-order valence-corrected chi connectivity index (χ1v) is 8.15. The minimum atomic E-state index is -0.0186. The van der Waals surface area contributed by atoms with E-state index in [-0.39, 0.29) is 6.04 Å². The summed E-state index contributed by atoms with van der Waals surface area (Å²) in [5.41, 5.74) is 2.17. The standard InChI is InChI=1S/C19H20ClN3O/c1-23-11-10-21-19(23)18(14-6-4-3-5-7-14)22-13-15-12-16(20)8-9-17(15)24-2/h3-12,18,22H,13H2,1-2H3/t18-/m1/s1. The first-order chi connectivity index (χ1) is 11.7. The minimum absolute atomic E-state index is 0.0186. The summed E-state index contributed by atoms with van der Waals surface area (Å²) >= 11 is 6.13. The number of aryl methyl sites for hydroxylation is 1. The summed E-state index contributed by atoms with van der Waals surface area (Å²) < 4.78 is 7.46. The molecule has 1 aromatic heterocycles. The quantitative estimate of drug-likeness (QED) is 0.737. The molecule has 0 aliphatic heterocycles. The summed E-state index contributed by atoms with van der Waals surface area (Å²) in [5.74, 6) is 1.78. The molecule has 3 aromatic rings. The molecule has 0 fully saturated rings. The maximum Gasteiger partial charge on any atom is 0.130 e. The number of aromatic nitrogens is 2. The van der Waals surface area contributed by atoms with Crippen molar-refractivity contribution in [1.82, 2.24) is 14.9 Å². The van der Waals surface area contributed by atoms with Crippen LogP contribution in [-0.4, -0.2) is 16.7 Å². The Labute approximate surface area is 147 Å². The molecular formula is C19H20ClN3O. The second-order valence-corrected chi connectivity index (χ2v) is 6.01. The lowest BCUT2D eigenvalue weighted by Gasteiger charge is -2.20. The molecule has 0 radical (unpaired) electrons. The number of imidazole rings is 1. The lowest BCUT2D eigenvalue weighted by molar-refractivity contribution is 0.406. The molecule has 0 saturated heterocycles. The van der Waals surface area contributed by atoms with Crippen molar-refractivity contribution in [2.24, 2.45) is 7.05 Å². The van der Waals surface area contributed by atoms with Gasteiger partial charge in [0.05, 0.1) is 13.2 Å². The molecule has 0 aliphatic rings. The lowest BCUT2D eigenvalue weighted by Crippen LogP contribution is -2.25. The Morgan fingerprint density at radius 1 is 1.21 bits per heavy atom. The predicted octanol–water partition coefficient (Wildman–Crippen LogP) is 3.96. The molecule has 0 amide bonds. The molecule has 3 rings (SSSR count). The van der Waals surface area contributed by atoms with Crippen molar-refractivity contribution in [2.75, 3.05) is 7.11 Å². The number of halogens is 1. The number of nitrogens with one attached hydrogen (secondary N) is 1. The van der Waals surface area contributed by atoms with Crippen molar-refractivity contribution >= 4 is 11.6 Å². The van der Waals surface area contributed by atoms with Crippen LogP contribution in [0.2, 0.25) is 5.02 Å². The van der Waals surface area contributed by atoms with Gasteiger partial charge in [-0.15, -0.1) is 0 Å². The third kappa shape index (κ3) is 3.61. The smallest absolute Gasteiger partial charge is 0.130 e. The van der Waals surface area contributed by atoms with Gasteiger partial charge in [-0.2, -0.15) is 0 Å². The number of rotatable bonds is 6. The third-order valence-electron chi connectivity index (χ3n) is 3.99. The molecule has 5 heteroatoms. The molecule has 0 aliphatic carbocycles. The highest BCUT2D eigenvalue weighted by atomic mass is 35.5. The highest BCUT2D eigenvalue weighted by Crippen LogP contribution is 2.25. The molecule has 0 bridgehead atoms. The summed E-state index contributed by atoms with van der Waals surface area (Å²) in [6.45, 7) is 0.621. The SMILES string of the molecule is COc1ccc(Cl)cc1CN[C@H](c1ccccc1)c1nccn1C. The molecule has 0 spiro atoms. The molecule has 4 nitrogen and oxygen atoms in total. The van der Waals surface area contributed by atoms with Crippen LogP contribution >= 0.6 is 11.6 Å². The second-order valence-electron chi connectivity index (χ2n) is 5.58. The number of ether oxygens (including phenoxy) is 1. The van der Waals surface area contributed by atoms with Crippen LogP contribution in [0.1, 0.15) is 23.0 Å². The summed E-state index contributed by atoms with van der Waals surface area (Å²) in [7, 11) is 3.67. The maximum atomic E-state index is 6.13. The molecule has 24 heavy (non-hydrogen) atoms. The fraction of sp³-hybridized carbons (Fsp3) is 0.211. The fourth-order valence-corrected chi connectivity index (χ4v) is 2.95. The van der Waals surface area contributed by atoms with Crippen LogP contribution in [0.25, 0.3) is 0 Å². The topological polar surface area (TPSA) is 39.1 Å². The number of hydrogen-bond acceptors (Lipinski definition) is 3. The van der Waals surface area contributed by atoms with Gasteiger partial charge < -0.3 is 9.30 Å². The van der Waals surface area contributed by atoms with E-state index in [1.165, 1.54) is 0 Å². The number of nitrogens with zero attached hydrogens (tertiary/aromatic N) is 2. The Bertz CT molecular complexity index is 801. The Morgan fingerprint density at radius 2 is 2.00 bits per heavy atom. The van der Waals surface area contributed by atoms with Crippen LogP contribution in [-0.2, 0) is 13.6 Å². The van der Waals surface area contributed by atoms with Crippen molar-refractivity contribution in [3.8, 4) is 5.75 Å². The summed E-state index contributed by atoms with van der Waals surface area (Å²) in [6.07, 6.45) is 3.76. The van der Waals surface area contributed by atoms with E-state index >= 15 is 0 Å². The van der Waals surface area contributed by atoms with Gasteiger partial charge in [0.15, 0.2) is 0 Å². The molecule has 0 unspecified atom stereocenters. The van der Waals surface area contributed by atoms with Gasteiger partial charge in [0.1, 0.15) is 11.6 Å². The zero-order chi connectivity index (χ0) is 16.9. The van der Waals surface area contributed by atoms with E-state index in [1.807, 2.05) is 60.4 Å². The van der Waals surface area contributed by atoms with Gasteiger partial charge in [-0.1, -0.05) is 41.9 Å². The van der Waals surface area contributed by atoms with Crippen LogP contribution in [0.5, 0.6) is 5.75 Å². The Hall–Kier alpha value is -2.30. The average molecular weight is 342 g/mol. The van der Waals surface area contributed by atoms with Crippen LogP contribution < -0.4 is 10.1 Å². The van der Waals surface area contributed by atoms with Crippen molar-refractivity contribution in [3.63, 3.8) is 0 Å². The van der Waals surface area contributed by atoms with Gasteiger partial charge >= 0.3 is 0 Å². The van der Waals surface area contributed by atoms with E-state index < -0.39 is 0 Å². The zero-order valence-corrected chi connectivity index (χ0v) is 14.5. The van der Waals surface area contributed by atoms with Crippen molar-refractivity contribution < 1.29 is 4.74 Å². The predicted molar refractivity (Wildman–Crippen MR) is 96.3 cm³/mol. The molecular weight excluding hydrogens is 322 g/mol. The van der Waals surface area contributed by atoms with Gasteiger partial charge in [0.25, 0.3) is 0 Å². The van der Waals surface area contributed by atoms with Gasteiger partial charge in [-0.05, 0) is 23.8 Å². The van der Waals surface area contributed by atoms with E-state index in [2.05, 4.69) is 22.4 Å². The number of hydrogen-bond donors (Lipinski definition) is 1. The Kier molecular flexibility index (Phi) is 5.18. The van der Waals surface area contributed by atoms with Crippen molar-refractivity contribution in [1.29, 1.82) is 0 Å². The van der Waals surface area contributed by atoms with E-state index in [1.54, 1.807) is 7.11 Å². The van der Waals surface area contributed by atoms with E-state index in [9.17, 15) is 0 Å². The molecule has 1 N–H and O–H groups in total. The summed E-state index contributed by atoms with van der Waals surface area (Å²) in [5, 5.41) is 4.27. The first-order valence-electron chi connectivity index (χ1n) is 7.77. The van der Waals surface area contributed by atoms with E-state index in [0.29, 0.717) is 11.6 Å². The zero-order valence-electron chi connectivity index (χ0n) is 13.7. The van der Waals surface area contributed by atoms with Gasteiger partial charge in [-0.3, -0.25) is 5.32 Å². The fourth-order valence-electron chi connectivity index (χ4n) is 2.76. The molecule has 1 atom stereocenters. The molecule has 0 saturated carbocycles. The Balaban J connectivity index is 1.88. The second kappa shape index (κ2) is 7.51. The largest absolute Gasteiger partial charge is 0.496 e. The van der Waals surface area contributed by atoms with Crippen LogP contribution in [0.3, 0.4) is 0 Å². The van der Waals surface area contributed by atoms with Crippen LogP contribution in [0, 0.1) is 0 Å². The molecule has 2 aromatic carbocycles. The minimum Gasteiger partial charge on any atom is -0.496 e. The van der Waals surface area contributed by atoms with Crippen LogP contribution in [0.4, 0.5) is 0 Å². The monoisotopic (exact) mass is 341 g/mol. The molecule has 1 heterocycles. The summed E-state index contributed by atoms with van der Waals surface area (Å²) in [4.78, 5) is 4.51. The van der Waals surface area contributed by atoms with E-state index in [4.69, 9.17) is 16.3 Å². The van der Waals surface area contributed by atoms with Crippen molar-refractivity contribution in [3.05, 3.63) is 82.9 Å². The summed E-state index contributed by atoms with van der Waals surface area (Å²) in [6, 6.07) is 15.9. The normalized spacial score (nSPS) is 12.1. The first kappa shape index (κ1) is 16.6. The average Bonchev–Trinajstić information content (AvgIpc) is 3.02.